The molecule has 0 saturated carbocycles. The summed E-state index contributed by atoms with van der Waals surface area (Å²) >= 11 is 2.02. The van der Waals surface area contributed by atoms with Crippen LogP contribution in [0.15, 0.2) is 12.1 Å². The summed E-state index contributed by atoms with van der Waals surface area (Å²) in [6, 6.07) is 5.00. The second kappa shape index (κ2) is 7.93. The second-order valence-electron chi connectivity index (χ2n) is 8.35. The Morgan fingerprint density at radius 2 is 1.88 bits per heavy atom. The lowest BCUT2D eigenvalue weighted by atomic mass is 9.95. The van der Waals surface area contributed by atoms with Crippen molar-refractivity contribution in [1.29, 1.82) is 0 Å². The topological polar surface area (TPSA) is 23.6 Å². The van der Waals surface area contributed by atoms with Gasteiger partial charge in [0.1, 0.15) is 0 Å². The number of nitrogens with zero attached hydrogens (tertiary/aromatic N) is 2. The number of amides is 1. The predicted octanol–water partition coefficient (Wildman–Crippen LogP) is 3.76. The SMILES string of the molecule is Cc1cc2c(cc1C)C(C(=O)N1CCSCC1CN1CCCCC1)CC2. The molecule has 142 valence electrons. The fourth-order valence-electron chi connectivity index (χ4n) is 4.89. The molecular weight excluding hydrogens is 340 g/mol. The minimum absolute atomic E-state index is 0.0938. The monoisotopic (exact) mass is 372 g/mol. The zero-order valence-electron chi connectivity index (χ0n) is 16.3. The summed E-state index contributed by atoms with van der Waals surface area (Å²) in [5.74, 6) is 2.69. The number of fused-ring (bicyclic) bond motifs is 1. The first kappa shape index (κ1) is 18.4. The third kappa shape index (κ3) is 3.68. The lowest BCUT2D eigenvalue weighted by Crippen LogP contribution is -2.53. The molecule has 2 fully saturated rings. The fourth-order valence-corrected chi connectivity index (χ4v) is 5.94. The molecule has 3 nitrogen and oxygen atoms in total. The van der Waals surface area contributed by atoms with E-state index in [2.05, 4.69) is 35.8 Å². The van der Waals surface area contributed by atoms with Crippen LogP contribution >= 0.6 is 11.8 Å². The van der Waals surface area contributed by atoms with E-state index in [9.17, 15) is 4.79 Å². The van der Waals surface area contributed by atoms with Crippen molar-refractivity contribution in [2.75, 3.05) is 37.7 Å². The Labute approximate surface area is 162 Å². The van der Waals surface area contributed by atoms with Gasteiger partial charge in [-0.25, -0.2) is 0 Å². The first-order valence-corrected chi connectivity index (χ1v) is 11.5. The molecule has 26 heavy (non-hydrogen) atoms. The van der Waals surface area contributed by atoms with Gasteiger partial charge in [-0.2, -0.15) is 11.8 Å². The normalized spacial score (nSPS) is 26.8. The number of thioether (sulfide) groups is 1. The minimum Gasteiger partial charge on any atom is -0.336 e. The molecule has 2 saturated heterocycles. The summed E-state index contributed by atoms with van der Waals surface area (Å²) in [4.78, 5) is 18.4. The smallest absolute Gasteiger partial charge is 0.230 e. The van der Waals surface area contributed by atoms with E-state index in [0.717, 1.165) is 37.4 Å². The largest absolute Gasteiger partial charge is 0.336 e. The van der Waals surface area contributed by atoms with Gasteiger partial charge in [0, 0.05) is 24.6 Å². The molecule has 0 spiro atoms. The Kier molecular flexibility index (Phi) is 5.61. The number of likely N-dealkylation sites (tertiary alicyclic amines) is 1. The number of carbonyl (C=O) groups excluding carboxylic acids is 1. The van der Waals surface area contributed by atoms with E-state index in [0.29, 0.717) is 11.9 Å². The number of benzene rings is 1. The summed E-state index contributed by atoms with van der Waals surface area (Å²) < 4.78 is 0. The molecule has 1 aromatic carbocycles. The Morgan fingerprint density at radius 3 is 2.69 bits per heavy atom. The molecule has 0 bridgehead atoms. The molecule has 2 atom stereocenters. The number of carbonyl (C=O) groups is 1. The number of rotatable bonds is 3. The maximum atomic E-state index is 13.5. The molecule has 0 aromatic heterocycles. The molecule has 1 aromatic rings. The third-order valence-corrected chi connectivity index (χ3v) is 7.65. The highest BCUT2D eigenvalue weighted by Crippen LogP contribution is 2.37. The molecule has 2 aliphatic heterocycles. The van der Waals surface area contributed by atoms with E-state index < -0.39 is 0 Å². The molecule has 0 N–H and O–H groups in total. The third-order valence-electron chi connectivity index (χ3n) is 6.56. The summed E-state index contributed by atoms with van der Waals surface area (Å²) in [5, 5.41) is 0. The van der Waals surface area contributed by atoms with Crippen LogP contribution in [0.4, 0.5) is 0 Å². The lowest BCUT2D eigenvalue weighted by molar-refractivity contribution is -0.135. The van der Waals surface area contributed by atoms with Crippen LogP contribution in [0.2, 0.25) is 0 Å². The molecular formula is C22H32N2OS. The Hall–Kier alpha value is -1.00. The number of aryl methyl sites for hydroxylation is 3. The highest BCUT2D eigenvalue weighted by atomic mass is 32.2. The highest BCUT2D eigenvalue weighted by molar-refractivity contribution is 7.99. The first-order chi connectivity index (χ1) is 12.6. The van der Waals surface area contributed by atoms with Gasteiger partial charge >= 0.3 is 0 Å². The standard InChI is InChI=1S/C22H32N2OS/c1-16-12-18-6-7-20(21(18)13-17(16)2)22(25)24-10-11-26-15-19(24)14-23-8-4-3-5-9-23/h12-13,19-20H,3-11,14-15H2,1-2H3. The van der Waals surface area contributed by atoms with Crippen molar-refractivity contribution in [3.8, 4) is 0 Å². The summed E-state index contributed by atoms with van der Waals surface area (Å²) in [6.45, 7) is 8.79. The van der Waals surface area contributed by atoms with Crippen molar-refractivity contribution in [3.05, 3.63) is 34.4 Å². The van der Waals surface area contributed by atoms with Crippen LogP contribution in [0.5, 0.6) is 0 Å². The van der Waals surface area contributed by atoms with Gasteiger partial charge in [-0.3, -0.25) is 4.79 Å². The first-order valence-electron chi connectivity index (χ1n) is 10.3. The fraction of sp³-hybridized carbons (Fsp3) is 0.682. The van der Waals surface area contributed by atoms with Gasteiger partial charge < -0.3 is 9.80 Å². The van der Waals surface area contributed by atoms with E-state index in [1.807, 2.05) is 11.8 Å². The van der Waals surface area contributed by atoms with Crippen LogP contribution in [-0.4, -0.2) is 59.4 Å². The van der Waals surface area contributed by atoms with E-state index in [4.69, 9.17) is 0 Å². The van der Waals surface area contributed by atoms with Crippen LogP contribution in [0, 0.1) is 13.8 Å². The Morgan fingerprint density at radius 1 is 1.12 bits per heavy atom. The van der Waals surface area contributed by atoms with Gasteiger partial charge in [-0.05, 0) is 74.9 Å². The molecule has 2 unspecified atom stereocenters. The minimum atomic E-state index is 0.0938. The number of hydrogen-bond donors (Lipinski definition) is 0. The predicted molar refractivity (Wildman–Crippen MR) is 110 cm³/mol. The molecule has 1 aliphatic carbocycles. The van der Waals surface area contributed by atoms with Crippen molar-refractivity contribution in [3.63, 3.8) is 0 Å². The van der Waals surface area contributed by atoms with Gasteiger partial charge in [0.15, 0.2) is 0 Å². The molecule has 1 amide bonds. The van der Waals surface area contributed by atoms with Crippen molar-refractivity contribution in [2.45, 2.75) is 57.9 Å². The summed E-state index contributed by atoms with van der Waals surface area (Å²) in [6.07, 6.45) is 6.07. The van der Waals surface area contributed by atoms with Crippen LogP contribution in [0.1, 0.15) is 53.9 Å². The maximum absolute atomic E-state index is 13.5. The number of hydrogen-bond acceptors (Lipinski definition) is 3. The average Bonchev–Trinajstić information content (AvgIpc) is 3.05. The Bertz CT molecular complexity index is 668. The van der Waals surface area contributed by atoms with Crippen LogP contribution in [0.25, 0.3) is 0 Å². The Balaban J connectivity index is 1.50. The van der Waals surface area contributed by atoms with Crippen LogP contribution in [0.3, 0.4) is 0 Å². The zero-order chi connectivity index (χ0) is 18.1. The van der Waals surface area contributed by atoms with Gasteiger partial charge in [0.2, 0.25) is 5.91 Å². The zero-order valence-corrected chi connectivity index (χ0v) is 17.1. The van der Waals surface area contributed by atoms with Crippen molar-refractivity contribution in [2.24, 2.45) is 0 Å². The summed E-state index contributed by atoms with van der Waals surface area (Å²) in [5.41, 5.74) is 5.40. The van der Waals surface area contributed by atoms with Crippen molar-refractivity contribution < 1.29 is 4.79 Å². The van der Waals surface area contributed by atoms with Gasteiger partial charge in [0.25, 0.3) is 0 Å². The maximum Gasteiger partial charge on any atom is 0.230 e. The molecule has 3 aliphatic rings. The van der Waals surface area contributed by atoms with E-state index >= 15 is 0 Å². The average molecular weight is 373 g/mol. The molecule has 4 heteroatoms. The molecule has 4 rings (SSSR count). The van der Waals surface area contributed by atoms with Gasteiger partial charge in [-0.15, -0.1) is 0 Å². The van der Waals surface area contributed by atoms with E-state index in [-0.39, 0.29) is 5.92 Å². The van der Waals surface area contributed by atoms with Crippen molar-refractivity contribution >= 4 is 17.7 Å². The van der Waals surface area contributed by atoms with E-state index in [1.54, 1.807) is 0 Å². The van der Waals surface area contributed by atoms with Crippen LogP contribution in [-0.2, 0) is 11.2 Å². The number of piperidine rings is 1. The summed E-state index contributed by atoms with van der Waals surface area (Å²) in [7, 11) is 0. The second-order valence-corrected chi connectivity index (χ2v) is 9.50. The van der Waals surface area contributed by atoms with Gasteiger partial charge in [-0.1, -0.05) is 18.6 Å². The van der Waals surface area contributed by atoms with Gasteiger partial charge in [0.05, 0.1) is 12.0 Å². The lowest BCUT2D eigenvalue weighted by Gasteiger charge is -2.40. The highest BCUT2D eigenvalue weighted by Gasteiger charge is 2.36. The van der Waals surface area contributed by atoms with E-state index in [1.165, 1.54) is 54.6 Å². The van der Waals surface area contributed by atoms with Crippen molar-refractivity contribution in [1.82, 2.24) is 9.80 Å². The quantitative estimate of drug-likeness (QED) is 0.807. The van der Waals surface area contributed by atoms with Crippen LogP contribution < -0.4 is 0 Å². The molecule has 2 heterocycles. The molecule has 0 radical (unpaired) electrons.